The smallest absolute Gasteiger partial charge is 0.253 e. The van der Waals surface area contributed by atoms with Crippen LogP contribution in [0.15, 0.2) is 29.1 Å². The van der Waals surface area contributed by atoms with E-state index in [9.17, 15) is 9.90 Å². The Balaban J connectivity index is 2.23. The first kappa shape index (κ1) is 18.4. The van der Waals surface area contributed by atoms with E-state index in [0.29, 0.717) is 29.7 Å². The van der Waals surface area contributed by atoms with Gasteiger partial charge in [0.1, 0.15) is 0 Å². The minimum atomic E-state index is -0.123. The van der Waals surface area contributed by atoms with Gasteiger partial charge >= 0.3 is 0 Å². The van der Waals surface area contributed by atoms with Crippen molar-refractivity contribution >= 4 is 28.2 Å². The molecule has 0 aliphatic rings. The third-order valence-electron chi connectivity index (χ3n) is 3.76. The van der Waals surface area contributed by atoms with Crippen molar-refractivity contribution in [3.8, 4) is 0 Å². The van der Waals surface area contributed by atoms with Gasteiger partial charge in [-0.3, -0.25) is 4.79 Å². The molecule has 1 heterocycles. The molecule has 0 saturated heterocycles. The Hall–Kier alpha value is -1.92. The fraction of sp³-hybridized carbons (Fsp3) is 0.444. The number of fused-ring (bicyclic) bond motifs is 1. The van der Waals surface area contributed by atoms with E-state index < -0.39 is 0 Å². The van der Waals surface area contributed by atoms with Crippen LogP contribution in [0.4, 0.5) is 0 Å². The zero-order valence-corrected chi connectivity index (χ0v) is 15.2. The van der Waals surface area contributed by atoms with Gasteiger partial charge in [0, 0.05) is 24.2 Å². The van der Waals surface area contributed by atoms with Crippen LogP contribution in [0.25, 0.3) is 10.9 Å². The highest BCUT2D eigenvalue weighted by atomic mass is 32.1. The normalized spacial score (nSPS) is 11.0. The molecule has 0 atom stereocenters. The van der Waals surface area contributed by atoms with Crippen LogP contribution in [0, 0.1) is 12.8 Å². The van der Waals surface area contributed by atoms with Gasteiger partial charge in [0.25, 0.3) is 5.56 Å². The van der Waals surface area contributed by atoms with Crippen molar-refractivity contribution in [2.75, 3.05) is 19.7 Å². The lowest BCUT2D eigenvalue weighted by atomic mass is 10.1. The van der Waals surface area contributed by atoms with E-state index in [1.165, 1.54) is 0 Å². The number of hydrogen-bond acceptors (Lipinski definition) is 3. The number of thiocarbonyl (C=S) groups is 1. The van der Waals surface area contributed by atoms with Crippen LogP contribution < -0.4 is 10.9 Å². The van der Waals surface area contributed by atoms with Crippen molar-refractivity contribution in [1.29, 1.82) is 0 Å². The summed E-state index contributed by atoms with van der Waals surface area (Å²) in [6, 6.07) is 7.87. The molecule has 0 saturated carbocycles. The standard InChI is InChI=1S/C18H25N3O2S/c1-12(2)10-19-18(24)21(6-7-22)11-15-9-14-5-4-13(3)8-16(14)20-17(15)23/h4-5,8-9,12,22H,6-7,10-11H2,1-3H3,(H,19,24)(H,20,23). The lowest BCUT2D eigenvalue weighted by Gasteiger charge is -2.25. The number of aromatic nitrogens is 1. The second kappa shape index (κ2) is 8.26. The number of aliphatic hydroxyl groups is 1. The number of pyridine rings is 1. The number of aryl methyl sites for hydroxylation is 1. The molecule has 3 N–H and O–H groups in total. The SMILES string of the molecule is Cc1ccc2cc(CN(CCO)C(=S)NCC(C)C)c(=O)[nH]c2c1. The van der Waals surface area contributed by atoms with Gasteiger partial charge in [-0.2, -0.15) is 0 Å². The average Bonchev–Trinajstić information content (AvgIpc) is 2.52. The topological polar surface area (TPSA) is 68.4 Å². The lowest BCUT2D eigenvalue weighted by Crippen LogP contribution is -2.42. The van der Waals surface area contributed by atoms with Crippen molar-refractivity contribution in [3.05, 3.63) is 45.7 Å². The van der Waals surface area contributed by atoms with Crippen molar-refractivity contribution < 1.29 is 5.11 Å². The second-order valence-electron chi connectivity index (χ2n) is 6.44. The summed E-state index contributed by atoms with van der Waals surface area (Å²) >= 11 is 5.41. The molecule has 0 spiro atoms. The maximum Gasteiger partial charge on any atom is 0.253 e. The molecule has 0 aliphatic carbocycles. The molecule has 2 aromatic rings. The summed E-state index contributed by atoms with van der Waals surface area (Å²) in [6.07, 6.45) is 0. The highest BCUT2D eigenvalue weighted by molar-refractivity contribution is 7.80. The Morgan fingerprint density at radius 3 is 2.79 bits per heavy atom. The predicted molar refractivity (Wildman–Crippen MR) is 102 cm³/mol. The molecule has 1 aromatic carbocycles. The molecule has 0 amide bonds. The molecule has 0 bridgehead atoms. The van der Waals surface area contributed by atoms with Gasteiger partial charge in [0.15, 0.2) is 5.11 Å². The van der Waals surface area contributed by atoms with E-state index in [-0.39, 0.29) is 12.2 Å². The zero-order valence-electron chi connectivity index (χ0n) is 14.4. The molecule has 130 valence electrons. The van der Waals surface area contributed by atoms with Crippen LogP contribution in [-0.4, -0.2) is 39.8 Å². The van der Waals surface area contributed by atoms with Crippen molar-refractivity contribution in [3.63, 3.8) is 0 Å². The second-order valence-corrected chi connectivity index (χ2v) is 6.83. The summed E-state index contributed by atoms with van der Waals surface area (Å²) in [6.45, 7) is 7.68. The molecule has 5 nitrogen and oxygen atoms in total. The molecule has 0 fully saturated rings. The minimum Gasteiger partial charge on any atom is -0.395 e. The minimum absolute atomic E-state index is 0.0197. The third-order valence-corrected chi connectivity index (χ3v) is 4.16. The van der Waals surface area contributed by atoms with Crippen LogP contribution in [-0.2, 0) is 6.54 Å². The summed E-state index contributed by atoms with van der Waals surface area (Å²) in [4.78, 5) is 17.1. The number of hydrogen-bond donors (Lipinski definition) is 3. The number of nitrogens with zero attached hydrogens (tertiary/aromatic N) is 1. The number of rotatable bonds is 6. The quantitative estimate of drug-likeness (QED) is 0.699. The van der Waals surface area contributed by atoms with Crippen LogP contribution in [0.5, 0.6) is 0 Å². The van der Waals surface area contributed by atoms with Crippen molar-refractivity contribution in [1.82, 2.24) is 15.2 Å². The Kier molecular flexibility index (Phi) is 6.34. The predicted octanol–water partition coefficient (Wildman–Crippen LogP) is 2.16. The lowest BCUT2D eigenvalue weighted by molar-refractivity contribution is 0.245. The molecule has 6 heteroatoms. The Morgan fingerprint density at radius 1 is 1.38 bits per heavy atom. The van der Waals surface area contributed by atoms with Crippen molar-refractivity contribution in [2.45, 2.75) is 27.3 Å². The van der Waals surface area contributed by atoms with E-state index in [1.807, 2.05) is 36.1 Å². The molecule has 1 aromatic heterocycles. The molecule has 24 heavy (non-hydrogen) atoms. The summed E-state index contributed by atoms with van der Waals surface area (Å²) in [5, 5.41) is 14.0. The molecular weight excluding hydrogens is 322 g/mol. The highest BCUT2D eigenvalue weighted by Crippen LogP contribution is 2.14. The van der Waals surface area contributed by atoms with E-state index in [2.05, 4.69) is 24.1 Å². The van der Waals surface area contributed by atoms with Crippen LogP contribution >= 0.6 is 12.2 Å². The number of aliphatic hydroxyl groups excluding tert-OH is 1. The fourth-order valence-electron chi connectivity index (χ4n) is 2.46. The summed E-state index contributed by atoms with van der Waals surface area (Å²) < 4.78 is 0. The summed E-state index contributed by atoms with van der Waals surface area (Å²) in [5.41, 5.74) is 2.45. The fourth-order valence-corrected chi connectivity index (χ4v) is 2.70. The molecule has 0 aliphatic heterocycles. The monoisotopic (exact) mass is 347 g/mol. The largest absolute Gasteiger partial charge is 0.395 e. The Morgan fingerprint density at radius 2 is 2.12 bits per heavy atom. The molecular formula is C18H25N3O2S. The molecule has 2 rings (SSSR count). The van der Waals surface area contributed by atoms with E-state index in [1.54, 1.807) is 0 Å². The maximum atomic E-state index is 12.4. The van der Waals surface area contributed by atoms with E-state index >= 15 is 0 Å². The van der Waals surface area contributed by atoms with Gasteiger partial charge in [-0.05, 0) is 48.1 Å². The average molecular weight is 347 g/mol. The Labute approximate surface area is 147 Å². The number of nitrogens with one attached hydrogen (secondary N) is 2. The van der Waals surface area contributed by atoms with E-state index in [4.69, 9.17) is 12.2 Å². The zero-order chi connectivity index (χ0) is 17.7. The van der Waals surface area contributed by atoms with Gasteiger partial charge in [-0.25, -0.2) is 0 Å². The number of H-pyrrole nitrogens is 1. The summed E-state index contributed by atoms with van der Waals surface area (Å²) in [5.74, 6) is 0.464. The van der Waals surface area contributed by atoms with Crippen LogP contribution in [0.3, 0.4) is 0 Å². The van der Waals surface area contributed by atoms with Crippen molar-refractivity contribution in [2.24, 2.45) is 5.92 Å². The third kappa shape index (κ3) is 4.79. The maximum absolute atomic E-state index is 12.4. The van der Waals surface area contributed by atoms with Crippen LogP contribution in [0.2, 0.25) is 0 Å². The molecule has 0 unspecified atom stereocenters. The van der Waals surface area contributed by atoms with Gasteiger partial charge in [-0.15, -0.1) is 0 Å². The summed E-state index contributed by atoms with van der Waals surface area (Å²) in [7, 11) is 0. The van der Waals surface area contributed by atoms with Gasteiger partial charge in [-0.1, -0.05) is 26.0 Å². The highest BCUT2D eigenvalue weighted by Gasteiger charge is 2.13. The first-order chi connectivity index (χ1) is 11.4. The van der Waals surface area contributed by atoms with Gasteiger partial charge in [0.05, 0.1) is 13.2 Å². The van der Waals surface area contributed by atoms with Crippen LogP contribution in [0.1, 0.15) is 25.0 Å². The molecule has 0 radical (unpaired) electrons. The van der Waals surface area contributed by atoms with E-state index in [0.717, 1.165) is 23.0 Å². The number of aromatic amines is 1. The van der Waals surface area contributed by atoms with Gasteiger partial charge < -0.3 is 20.3 Å². The first-order valence-corrected chi connectivity index (χ1v) is 8.57. The number of benzene rings is 1. The van der Waals surface area contributed by atoms with Gasteiger partial charge in [0.2, 0.25) is 0 Å². The Bertz CT molecular complexity index is 770. The first-order valence-electron chi connectivity index (χ1n) is 8.17.